The molecule has 1 saturated heterocycles. The third-order valence-electron chi connectivity index (χ3n) is 6.10. The van der Waals surface area contributed by atoms with Crippen molar-refractivity contribution in [2.45, 2.75) is 38.8 Å². The Morgan fingerprint density at radius 3 is 2.47 bits per heavy atom. The molecular weight excluding hydrogens is 372 g/mol. The summed E-state index contributed by atoms with van der Waals surface area (Å²) in [4.78, 5) is 6.99. The van der Waals surface area contributed by atoms with Gasteiger partial charge in [0.2, 0.25) is 0 Å². The Kier molecular flexibility index (Phi) is 5.41. The predicted octanol–water partition coefficient (Wildman–Crippen LogP) is 5.09. The highest BCUT2D eigenvalue weighted by Gasteiger charge is 2.27. The fraction of sp³-hybridized carbons (Fsp3) is 0.346. The maximum absolute atomic E-state index is 5.80. The summed E-state index contributed by atoms with van der Waals surface area (Å²) in [5.74, 6) is 1.76. The van der Waals surface area contributed by atoms with E-state index in [0.717, 1.165) is 36.7 Å². The van der Waals surface area contributed by atoms with Crippen LogP contribution in [-0.2, 0) is 13.0 Å². The van der Waals surface area contributed by atoms with Crippen LogP contribution in [0, 0.1) is 6.92 Å². The van der Waals surface area contributed by atoms with Crippen LogP contribution in [0.2, 0.25) is 0 Å². The van der Waals surface area contributed by atoms with Crippen molar-refractivity contribution in [3.63, 3.8) is 0 Å². The topological polar surface area (TPSA) is 34.6 Å². The first kappa shape index (κ1) is 19.1. The van der Waals surface area contributed by atoms with E-state index in [9.17, 15) is 0 Å². The van der Waals surface area contributed by atoms with E-state index in [1.54, 1.807) is 0 Å². The lowest BCUT2D eigenvalue weighted by atomic mass is 10.0. The number of hydrogen-bond acceptors (Lipinski definition) is 4. The molecule has 3 aromatic rings. The molecule has 0 spiro atoms. The molecule has 0 saturated carbocycles. The summed E-state index contributed by atoms with van der Waals surface area (Å²) in [6, 6.07) is 20.2. The van der Waals surface area contributed by atoms with Crippen molar-refractivity contribution in [1.29, 1.82) is 0 Å². The number of hydrogen-bond donors (Lipinski definition) is 0. The van der Waals surface area contributed by atoms with Gasteiger partial charge < -0.3 is 9.47 Å². The Balaban J connectivity index is 1.26. The van der Waals surface area contributed by atoms with E-state index in [-0.39, 0.29) is 0 Å². The average molecular weight is 401 g/mol. The van der Waals surface area contributed by atoms with E-state index < -0.39 is 0 Å². The van der Waals surface area contributed by atoms with Gasteiger partial charge in [-0.2, -0.15) is 0 Å². The second-order valence-electron chi connectivity index (χ2n) is 8.33. The van der Waals surface area contributed by atoms with Gasteiger partial charge in [-0.15, -0.1) is 0 Å². The summed E-state index contributed by atoms with van der Waals surface area (Å²) in [5, 5.41) is 0. The van der Waals surface area contributed by atoms with Gasteiger partial charge in [0, 0.05) is 24.5 Å². The second kappa shape index (κ2) is 8.49. The zero-order valence-electron chi connectivity index (χ0n) is 17.5. The molecular formula is C26H28N2O2. The van der Waals surface area contributed by atoms with Gasteiger partial charge >= 0.3 is 0 Å². The third kappa shape index (κ3) is 4.19. The van der Waals surface area contributed by atoms with Crippen molar-refractivity contribution in [1.82, 2.24) is 9.88 Å². The van der Waals surface area contributed by atoms with Crippen LogP contribution in [0.25, 0.3) is 0 Å². The lowest BCUT2D eigenvalue weighted by molar-refractivity contribution is 0.170. The maximum Gasteiger partial charge on any atom is 0.161 e. The quantitative estimate of drug-likeness (QED) is 0.598. The van der Waals surface area contributed by atoms with Crippen molar-refractivity contribution in [3.05, 3.63) is 88.7 Å². The van der Waals surface area contributed by atoms with Crippen LogP contribution in [0.5, 0.6) is 11.5 Å². The number of pyridine rings is 1. The van der Waals surface area contributed by atoms with Crippen LogP contribution < -0.4 is 9.47 Å². The Bertz CT molecular complexity index is 999. The normalized spacial score (nSPS) is 18.5. The van der Waals surface area contributed by atoms with Gasteiger partial charge in [-0.3, -0.25) is 9.88 Å². The molecule has 0 bridgehead atoms. The zero-order valence-corrected chi connectivity index (χ0v) is 17.5. The third-order valence-corrected chi connectivity index (χ3v) is 6.10. The summed E-state index contributed by atoms with van der Waals surface area (Å²) < 4.78 is 11.5. The molecule has 3 heterocycles. The average Bonchev–Trinajstić information content (AvgIpc) is 3.24. The number of aromatic nitrogens is 1. The Morgan fingerprint density at radius 2 is 1.67 bits per heavy atom. The number of rotatable bonds is 5. The fourth-order valence-corrected chi connectivity index (χ4v) is 4.50. The summed E-state index contributed by atoms with van der Waals surface area (Å²) in [5.41, 5.74) is 6.35. The van der Waals surface area contributed by atoms with E-state index in [1.807, 2.05) is 13.1 Å². The molecule has 1 aromatic heterocycles. The molecule has 2 aromatic carbocycles. The first-order valence-corrected chi connectivity index (χ1v) is 10.9. The van der Waals surface area contributed by atoms with E-state index in [4.69, 9.17) is 9.47 Å². The standard InChI is InChI=1S/C26H28N2O2/c1-19-4-5-22(17-27-19)15-20-6-8-21(9-7-20)18-28-12-2-3-24(28)23-10-11-25-26(16-23)30-14-13-29-25/h4-11,16-17,24H,2-3,12-15,18H2,1H3/t24-/m0/s1. The summed E-state index contributed by atoms with van der Waals surface area (Å²) in [6.45, 7) is 5.41. The zero-order chi connectivity index (χ0) is 20.3. The highest BCUT2D eigenvalue weighted by molar-refractivity contribution is 5.45. The molecule has 154 valence electrons. The van der Waals surface area contributed by atoms with E-state index >= 15 is 0 Å². The summed E-state index contributed by atoms with van der Waals surface area (Å²) in [7, 11) is 0. The molecule has 5 rings (SSSR count). The molecule has 0 aliphatic carbocycles. The smallest absolute Gasteiger partial charge is 0.161 e. The van der Waals surface area contributed by atoms with Crippen molar-refractivity contribution in [3.8, 4) is 11.5 Å². The molecule has 1 fully saturated rings. The number of nitrogens with zero attached hydrogens (tertiary/aromatic N) is 2. The maximum atomic E-state index is 5.80. The van der Waals surface area contributed by atoms with Crippen LogP contribution in [-0.4, -0.2) is 29.6 Å². The van der Waals surface area contributed by atoms with Crippen molar-refractivity contribution in [2.75, 3.05) is 19.8 Å². The molecule has 2 aliphatic heterocycles. The highest BCUT2D eigenvalue weighted by Crippen LogP contribution is 2.38. The minimum absolute atomic E-state index is 0.444. The monoisotopic (exact) mass is 400 g/mol. The Morgan fingerprint density at radius 1 is 0.900 bits per heavy atom. The van der Waals surface area contributed by atoms with Crippen molar-refractivity contribution < 1.29 is 9.47 Å². The fourth-order valence-electron chi connectivity index (χ4n) is 4.50. The van der Waals surface area contributed by atoms with Crippen LogP contribution in [0.1, 0.15) is 46.8 Å². The summed E-state index contributed by atoms with van der Waals surface area (Å²) in [6.07, 6.45) is 5.33. The number of benzene rings is 2. The van der Waals surface area contributed by atoms with Gasteiger partial charge in [-0.05, 0) is 73.2 Å². The minimum atomic E-state index is 0.444. The molecule has 0 unspecified atom stereocenters. The van der Waals surface area contributed by atoms with Gasteiger partial charge in [0.15, 0.2) is 11.5 Å². The molecule has 0 radical (unpaired) electrons. The second-order valence-corrected chi connectivity index (χ2v) is 8.33. The first-order valence-electron chi connectivity index (χ1n) is 10.9. The molecule has 1 atom stereocenters. The van der Waals surface area contributed by atoms with E-state index in [1.165, 1.54) is 35.1 Å². The molecule has 4 heteroatoms. The largest absolute Gasteiger partial charge is 0.486 e. The molecule has 2 aliphatic rings. The van der Waals surface area contributed by atoms with E-state index in [2.05, 4.69) is 64.5 Å². The van der Waals surface area contributed by atoms with Crippen LogP contribution in [0.4, 0.5) is 0 Å². The van der Waals surface area contributed by atoms with Gasteiger partial charge in [0.05, 0.1) is 0 Å². The van der Waals surface area contributed by atoms with Crippen LogP contribution in [0.15, 0.2) is 60.8 Å². The van der Waals surface area contributed by atoms with Gasteiger partial charge in [0.25, 0.3) is 0 Å². The number of fused-ring (bicyclic) bond motifs is 1. The molecule has 4 nitrogen and oxygen atoms in total. The Hall–Kier alpha value is -2.85. The van der Waals surface area contributed by atoms with E-state index in [0.29, 0.717) is 19.3 Å². The first-order chi connectivity index (χ1) is 14.7. The minimum Gasteiger partial charge on any atom is -0.486 e. The number of aryl methyl sites for hydroxylation is 1. The molecule has 0 N–H and O–H groups in total. The lowest BCUT2D eigenvalue weighted by Crippen LogP contribution is -2.23. The Labute approximate surface area is 178 Å². The van der Waals surface area contributed by atoms with Crippen LogP contribution in [0.3, 0.4) is 0 Å². The van der Waals surface area contributed by atoms with Crippen molar-refractivity contribution in [2.24, 2.45) is 0 Å². The molecule has 30 heavy (non-hydrogen) atoms. The van der Waals surface area contributed by atoms with Crippen molar-refractivity contribution >= 4 is 0 Å². The predicted molar refractivity (Wildman–Crippen MR) is 118 cm³/mol. The highest BCUT2D eigenvalue weighted by atomic mass is 16.6. The van der Waals surface area contributed by atoms with Crippen LogP contribution >= 0.6 is 0 Å². The SMILES string of the molecule is Cc1ccc(Cc2ccc(CN3CCC[C@H]3c3ccc4c(c3)OCCO4)cc2)cn1. The number of likely N-dealkylation sites (tertiary alicyclic amines) is 1. The lowest BCUT2D eigenvalue weighted by Gasteiger charge is -2.26. The van der Waals surface area contributed by atoms with Gasteiger partial charge in [-0.1, -0.05) is 36.4 Å². The van der Waals surface area contributed by atoms with Gasteiger partial charge in [0.1, 0.15) is 13.2 Å². The van der Waals surface area contributed by atoms with Gasteiger partial charge in [-0.25, -0.2) is 0 Å². The number of ether oxygens (including phenoxy) is 2. The molecule has 0 amide bonds. The summed E-state index contributed by atoms with van der Waals surface area (Å²) >= 11 is 0.